The molecule has 0 bridgehead atoms. The molecule has 4 rings (SSSR count). The van der Waals surface area contributed by atoms with E-state index in [1.165, 1.54) is 5.56 Å². The Kier molecular flexibility index (Phi) is 2.46. The van der Waals surface area contributed by atoms with Crippen LogP contribution in [0.5, 0.6) is 0 Å². The van der Waals surface area contributed by atoms with Crippen LogP contribution in [-0.4, -0.2) is 11.9 Å². The summed E-state index contributed by atoms with van der Waals surface area (Å²) in [6.07, 6.45) is 7.88. The number of hydrogen-bond acceptors (Lipinski definition) is 2. The summed E-state index contributed by atoms with van der Waals surface area (Å²) >= 11 is 0. The summed E-state index contributed by atoms with van der Waals surface area (Å²) in [6, 6.07) is 16.4. The highest BCUT2D eigenvalue weighted by Gasteiger charge is 2.18. The number of fused-ring (bicyclic) bond motifs is 4. The van der Waals surface area contributed by atoms with Gasteiger partial charge < -0.3 is 0 Å². The molecule has 2 aromatic carbocycles. The SMILES string of the molecule is C1=N/C=c2/cccc/c2=C/C2=Nc3ccccc3C2=C1. The summed E-state index contributed by atoms with van der Waals surface area (Å²) in [7, 11) is 0. The van der Waals surface area contributed by atoms with Gasteiger partial charge in [0.1, 0.15) is 0 Å². The molecule has 0 N–H and O–H groups in total. The van der Waals surface area contributed by atoms with Crippen LogP contribution in [0.1, 0.15) is 5.56 Å². The molecule has 0 amide bonds. The number of para-hydroxylation sites is 1. The Bertz CT molecular complexity index is 899. The summed E-state index contributed by atoms with van der Waals surface area (Å²) in [6.45, 7) is 0. The van der Waals surface area contributed by atoms with Gasteiger partial charge in [0.15, 0.2) is 0 Å². The van der Waals surface area contributed by atoms with Crippen molar-refractivity contribution < 1.29 is 0 Å². The minimum Gasteiger partial charge on any atom is -0.264 e. The van der Waals surface area contributed by atoms with Crippen molar-refractivity contribution in [3.63, 3.8) is 0 Å². The number of nitrogens with zero attached hydrogens (tertiary/aromatic N) is 2. The number of aliphatic imine (C=N–C) groups is 2. The normalized spacial score (nSPS) is 18.6. The summed E-state index contributed by atoms with van der Waals surface area (Å²) < 4.78 is 0. The van der Waals surface area contributed by atoms with Crippen molar-refractivity contribution in [1.29, 1.82) is 0 Å². The molecule has 2 aromatic rings. The maximum atomic E-state index is 4.73. The Hall–Kier alpha value is -2.74. The lowest BCUT2D eigenvalue weighted by atomic mass is 10.0. The number of rotatable bonds is 0. The van der Waals surface area contributed by atoms with Gasteiger partial charge in [0, 0.05) is 28.8 Å². The van der Waals surface area contributed by atoms with E-state index in [-0.39, 0.29) is 0 Å². The first-order valence-electron chi connectivity index (χ1n) is 6.61. The average molecular weight is 256 g/mol. The van der Waals surface area contributed by atoms with E-state index in [4.69, 9.17) is 4.99 Å². The van der Waals surface area contributed by atoms with Gasteiger partial charge in [-0.1, -0.05) is 42.5 Å². The zero-order valence-electron chi connectivity index (χ0n) is 10.8. The molecular weight excluding hydrogens is 244 g/mol. The van der Waals surface area contributed by atoms with Crippen molar-refractivity contribution in [2.75, 3.05) is 0 Å². The molecule has 2 aliphatic heterocycles. The highest BCUT2D eigenvalue weighted by molar-refractivity contribution is 6.42. The summed E-state index contributed by atoms with van der Waals surface area (Å²) in [4.78, 5) is 9.10. The second kappa shape index (κ2) is 4.42. The van der Waals surface area contributed by atoms with Crippen LogP contribution in [0.4, 0.5) is 5.69 Å². The van der Waals surface area contributed by atoms with Crippen molar-refractivity contribution in [2.45, 2.75) is 0 Å². The van der Waals surface area contributed by atoms with Crippen molar-refractivity contribution >= 4 is 35.5 Å². The zero-order chi connectivity index (χ0) is 13.4. The largest absolute Gasteiger partial charge is 0.264 e. The quantitative estimate of drug-likeness (QED) is 0.692. The summed E-state index contributed by atoms with van der Waals surface area (Å²) in [5.41, 5.74) is 4.33. The lowest BCUT2D eigenvalue weighted by Gasteiger charge is -1.99. The highest BCUT2D eigenvalue weighted by Crippen LogP contribution is 2.34. The van der Waals surface area contributed by atoms with E-state index in [1.807, 2.05) is 48.8 Å². The lowest BCUT2D eigenvalue weighted by molar-refractivity contribution is 1.49. The first kappa shape index (κ1) is 11.1. The smallest absolute Gasteiger partial charge is 0.0723 e. The van der Waals surface area contributed by atoms with Gasteiger partial charge in [0.2, 0.25) is 0 Å². The predicted octanol–water partition coefficient (Wildman–Crippen LogP) is 2.46. The van der Waals surface area contributed by atoms with E-state index in [2.05, 4.69) is 29.3 Å². The van der Waals surface area contributed by atoms with Gasteiger partial charge >= 0.3 is 0 Å². The molecule has 0 spiro atoms. The fraction of sp³-hybridized carbons (Fsp3) is 0. The van der Waals surface area contributed by atoms with Crippen LogP contribution in [0.25, 0.3) is 17.8 Å². The molecule has 20 heavy (non-hydrogen) atoms. The van der Waals surface area contributed by atoms with E-state index in [9.17, 15) is 0 Å². The van der Waals surface area contributed by atoms with Gasteiger partial charge in [0.25, 0.3) is 0 Å². The van der Waals surface area contributed by atoms with Crippen molar-refractivity contribution in [3.8, 4) is 0 Å². The molecule has 0 aliphatic carbocycles. The molecule has 0 atom stereocenters. The van der Waals surface area contributed by atoms with Crippen molar-refractivity contribution in [2.24, 2.45) is 9.98 Å². The molecule has 2 aliphatic rings. The monoisotopic (exact) mass is 256 g/mol. The Labute approximate surface area is 116 Å². The first-order chi connectivity index (χ1) is 9.92. The van der Waals surface area contributed by atoms with Crippen LogP contribution in [-0.2, 0) is 0 Å². The first-order valence-corrected chi connectivity index (χ1v) is 6.61. The van der Waals surface area contributed by atoms with Crippen molar-refractivity contribution in [1.82, 2.24) is 0 Å². The van der Waals surface area contributed by atoms with E-state index >= 15 is 0 Å². The van der Waals surface area contributed by atoms with Crippen LogP contribution in [0.2, 0.25) is 0 Å². The minimum absolute atomic E-state index is 1.00. The van der Waals surface area contributed by atoms with Crippen LogP contribution in [0, 0.1) is 0 Å². The van der Waals surface area contributed by atoms with E-state index in [1.54, 1.807) is 0 Å². The third-order valence-electron chi connectivity index (χ3n) is 3.54. The number of benzene rings is 2. The molecule has 2 nitrogen and oxygen atoms in total. The highest BCUT2D eigenvalue weighted by atomic mass is 14.8. The molecule has 0 saturated carbocycles. The second-order valence-electron chi connectivity index (χ2n) is 4.80. The molecule has 94 valence electrons. The molecule has 2 heteroatoms. The number of allylic oxidation sites excluding steroid dienone is 2. The fourth-order valence-electron chi connectivity index (χ4n) is 2.56. The van der Waals surface area contributed by atoms with Gasteiger partial charge in [-0.3, -0.25) is 4.99 Å². The molecule has 0 radical (unpaired) electrons. The van der Waals surface area contributed by atoms with E-state index in [0.717, 1.165) is 27.4 Å². The van der Waals surface area contributed by atoms with Gasteiger partial charge in [-0.2, -0.15) is 0 Å². The topological polar surface area (TPSA) is 24.7 Å². The lowest BCUT2D eigenvalue weighted by Crippen LogP contribution is -2.24. The second-order valence-corrected chi connectivity index (χ2v) is 4.80. The third-order valence-corrected chi connectivity index (χ3v) is 3.54. The van der Waals surface area contributed by atoms with Gasteiger partial charge in [-0.15, -0.1) is 0 Å². The van der Waals surface area contributed by atoms with E-state index < -0.39 is 0 Å². The van der Waals surface area contributed by atoms with Crippen LogP contribution in [0.15, 0.2) is 64.6 Å². The van der Waals surface area contributed by atoms with Gasteiger partial charge in [0.05, 0.1) is 11.4 Å². The Morgan fingerprint density at radius 1 is 0.800 bits per heavy atom. The van der Waals surface area contributed by atoms with Gasteiger partial charge in [-0.25, -0.2) is 4.99 Å². The maximum Gasteiger partial charge on any atom is 0.0723 e. The standard InChI is InChI=1S/C18H12N2/c1-2-6-14-12-19-10-9-16-15-7-3-4-8-17(15)20-18(16)11-13(14)5-1/h1-12H/b10-9?,13-11-,14-12-,16-9?,18-11?,19-10?,19-12?. The molecule has 0 saturated heterocycles. The van der Waals surface area contributed by atoms with Crippen LogP contribution < -0.4 is 10.4 Å². The molecule has 2 heterocycles. The Morgan fingerprint density at radius 3 is 2.55 bits per heavy atom. The third kappa shape index (κ3) is 1.74. The Balaban J connectivity index is 2.03. The van der Waals surface area contributed by atoms with Crippen LogP contribution >= 0.6 is 0 Å². The molecule has 0 unspecified atom stereocenters. The fourth-order valence-corrected chi connectivity index (χ4v) is 2.56. The van der Waals surface area contributed by atoms with Crippen LogP contribution in [0.3, 0.4) is 0 Å². The molecule has 0 aromatic heterocycles. The maximum absolute atomic E-state index is 4.73. The molecular formula is C18H12N2. The zero-order valence-corrected chi connectivity index (χ0v) is 10.8. The number of hydrogen-bond donors (Lipinski definition) is 0. The predicted molar refractivity (Wildman–Crippen MR) is 84.6 cm³/mol. The average Bonchev–Trinajstić information content (AvgIpc) is 2.85. The molecule has 0 fully saturated rings. The van der Waals surface area contributed by atoms with Gasteiger partial charge in [-0.05, 0) is 23.4 Å². The minimum atomic E-state index is 1.00. The summed E-state index contributed by atoms with van der Waals surface area (Å²) in [5.74, 6) is 0. The van der Waals surface area contributed by atoms with E-state index in [0.29, 0.717) is 0 Å². The summed E-state index contributed by atoms with van der Waals surface area (Å²) in [5, 5.41) is 2.25. The van der Waals surface area contributed by atoms with Crippen molar-refractivity contribution in [3.05, 3.63) is 70.6 Å². The Morgan fingerprint density at radius 2 is 1.60 bits per heavy atom.